The second-order valence-electron chi connectivity index (χ2n) is 6.54. The van der Waals surface area contributed by atoms with Gasteiger partial charge in [0, 0.05) is 37.9 Å². The molecule has 1 saturated heterocycles. The summed E-state index contributed by atoms with van der Waals surface area (Å²) in [7, 11) is 0. The summed E-state index contributed by atoms with van der Waals surface area (Å²) in [5, 5.41) is 25.5. The molecule has 27 heavy (non-hydrogen) atoms. The van der Waals surface area contributed by atoms with Gasteiger partial charge in [0.05, 0.1) is 23.8 Å². The minimum Gasteiger partial charge on any atom is -0.506 e. The summed E-state index contributed by atoms with van der Waals surface area (Å²) in [4.78, 5) is 10.6. The maximum atomic E-state index is 10.4. The molecule has 0 aromatic carbocycles. The molecule has 8 heteroatoms. The fourth-order valence-corrected chi connectivity index (χ4v) is 3.08. The van der Waals surface area contributed by atoms with E-state index in [4.69, 9.17) is 0 Å². The number of rotatable bonds is 4. The molecule has 0 amide bonds. The summed E-state index contributed by atoms with van der Waals surface area (Å²) in [5.74, 6) is 0.878. The topological polar surface area (TPSA) is 99.1 Å². The van der Waals surface area contributed by atoms with Gasteiger partial charge in [0.2, 0.25) is 0 Å². The van der Waals surface area contributed by atoms with Gasteiger partial charge in [0.25, 0.3) is 0 Å². The molecule has 8 nitrogen and oxygen atoms in total. The Kier molecular flexibility index (Phi) is 4.80. The number of anilines is 3. The van der Waals surface area contributed by atoms with Crippen molar-refractivity contribution in [2.45, 2.75) is 13.0 Å². The van der Waals surface area contributed by atoms with Gasteiger partial charge >= 0.3 is 0 Å². The molecule has 0 saturated carbocycles. The van der Waals surface area contributed by atoms with E-state index in [1.165, 1.54) is 0 Å². The van der Waals surface area contributed by atoms with Crippen LogP contribution in [0.15, 0.2) is 48.9 Å². The van der Waals surface area contributed by atoms with Crippen LogP contribution in [0.3, 0.4) is 0 Å². The molecular formula is C19H21N7O. The molecule has 4 rings (SSSR count). The first-order chi connectivity index (χ1) is 13.2. The molecule has 3 aromatic heterocycles. The lowest BCUT2D eigenvalue weighted by Crippen LogP contribution is -2.49. The van der Waals surface area contributed by atoms with Gasteiger partial charge in [-0.15, -0.1) is 10.2 Å². The van der Waals surface area contributed by atoms with Crippen LogP contribution >= 0.6 is 0 Å². The van der Waals surface area contributed by atoms with Crippen LogP contribution in [0.4, 0.5) is 17.2 Å². The van der Waals surface area contributed by atoms with Crippen LogP contribution in [0.25, 0.3) is 11.4 Å². The van der Waals surface area contributed by atoms with Crippen LogP contribution in [0.2, 0.25) is 0 Å². The number of hydrogen-bond donors (Lipinski definition) is 3. The van der Waals surface area contributed by atoms with Gasteiger partial charge in [-0.3, -0.25) is 4.98 Å². The van der Waals surface area contributed by atoms with Gasteiger partial charge in [0.1, 0.15) is 17.1 Å². The average Bonchev–Trinajstić information content (AvgIpc) is 2.69. The van der Waals surface area contributed by atoms with E-state index in [1.54, 1.807) is 24.7 Å². The quantitative estimate of drug-likeness (QED) is 0.649. The standard InChI is InChI=1S/C19H21N7O/c1-13-12-26(8-7-21-13)18-5-4-16(24-25-18)19-17(27)9-15(11-22-19)23-14-3-2-6-20-10-14/h2-6,9-11,13,21,23,27H,7-8,12H2,1H3. The fourth-order valence-electron chi connectivity index (χ4n) is 3.08. The van der Waals surface area contributed by atoms with Crippen molar-refractivity contribution in [1.82, 2.24) is 25.5 Å². The highest BCUT2D eigenvalue weighted by Crippen LogP contribution is 2.29. The van der Waals surface area contributed by atoms with Crippen LogP contribution in [0.5, 0.6) is 5.75 Å². The number of aromatic hydroxyl groups is 1. The number of nitrogens with zero attached hydrogens (tertiary/aromatic N) is 5. The molecule has 1 unspecified atom stereocenters. The van der Waals surface area contributed by atoms with Crippen LogP contribution < -0.4 is 15.5 Å². The predicted molar refractivity (Wildman–Crippen MR) is 104 cm³/mol. The molecule has 1 atom stereocenters. The van der Waals surface area contributed by atoms with Gasteiger partial charge in [-0.05, 0) is 31.2 Å². The molecule has 3 aromatic rings. The van der Waals surface area contributed by atoms with Crippen molar-refractivity contribution in [2.75, 3.05) is 29.9 Å². The van der Waals surface area contributed by atoms with Gasteiger partial charge in [-0.1, -0.05) is 0 Å². The first kappa shape index (κ1) is 17.2. The van der Waals surface area contributed by atoms with Gasteiger partial charge in [0.15, 0.2) is 5.82 Å². The first-order valence-electron chi connectivity index (χ1n) is 8.87. The number of hydrogen-bond acceptors (Lipinski definition) is 8. The van der Waals surface area contributed by atoms with E-state index in [0.717, 1.165) is 31.1 Å². The van der Waals surface area contributed by atoms with Crippen molar-refractivity contribution >= 4 is 17.2 Å². The molecular weight excluding hydrogens is 342 g/mol. The fraction of sp³-hybridized carbons (Fsp3) is 0.263. The highest BCUT2D eigenvalue weighted by molar-refractivity contribution is 5.68. The Balaban J connectivity index is 1.51. The zero-order valence-corrected chi connectivity index (χ0v) is 15.0. The Morgan fingerprint density at radius 2 is 2.11 bits per heavy atom. The molecule has 1 fully saturated rings. The zero-order chi connectivity index (χ0) is 18.6. The minimum atomic E-state index is 0.0433. The predicted octanol–water partition coefficient (Wildman–Crippen LogP) is 2.18. The van der Waals surface area contributed by atoms with E-state index < -0.39 is 0 Å². The normalized spacial score (nSPS) is 16.9. The molecule has 0 bridgehead atoms. The lowest BCUT2D eigenvalue weighted by molar-refractivity contribution is 0.475. The van der Waals surface area contributed by atoms with Gasteiger partial charge in [-0.25, -0.2) is 4.98 Å². The minimum absolute atomic E-state index is 0.0433. The lowest BCUT2D eigenvalue weighted by atomic mass is 10.2. The third kappa shape index (κ3) is 3.95. The molecule has 0 radical (unpaired) electrons. The third-order valence-electron chi connectivity index (χ3n) is 4.40. The van der Waals surface area contributed by atoms with Crippen molar-refractivity contribution < 1.29 is 5.11 Å². The van der Waals surface area contributed by atoms with Crippen molar-refractivity contribution in [2.24, 2.45) is 0 Å². The Labute approximate surface area is 157 Å². The lowest BCUT2D eigenvalue weighted by Gasteiger charge is -2.32. The van der Waals surface area contributed by atoms with Crippen LogP contribution in [0.1, 0.15) is 6.92 Å². The molecule has 0 aliphatic carbocycles. The number of aromatic nitrogens is 4. The number of piperazine rings is 1. The second-order valence-corrected chi connectivity index (χ2v) is 6.54. The Morgan fingerprint density at radius 3 is 2.81 bits per heavy atom. The summed E-state index contributed by atoms with van der Waals surface area (Å²) in [6.45, 7) is 4.87. The molecule has 1 aliphatic heterocycles. The van der Waals surface area contributed by atoms with E-state index in [-0.39, 0.29) is 5.75 Å². The second kappa shape index (κ2) is 7.55. The molecule has 0 spiro atoms. The Bertz CT molecular complexity index is 902. The maximum absolute atomic E-state index is 10.4. The van der Waals surface area contributed by atoms with Crippen molar-refractivity contribution in [3.05, 3.63) is 48.9 Å². The summed E-state index contributed by atoms with van der Waals surface area (Å²) < 4.78 is 0. The van der Waals surface area contributed by atoms with Crippen molar-refractivity contribution in [3.8, 4) is 17.1 Å². The summed E-state index contributed by atoms with van der Waals surface area (Å²) >= 11 is 0. The van der Waals surface area contributed by atoms with E-state index in [0.29, 0.717) is 23.1 Å². The van der Waals surface area contributed by atoms with Crippen LogP contribution in [-0.4, -0.2) is 50.9 Å². The summed E-state index contributed by atoms with van der Waals surface area (Å²) in [6.07, 6.45) is 5.05. The maximum Gasteiger partial charge on any atom is 0.151 e. The van der Waals surface area contributed by atoms with E-state index in [9.17, 15) is 5.11 Å². The highest BCUT2D eigenvalue weighted by Gasteiger charge is 2.18. The zero-order valence-electron chi connectivity index (χ0n) is 15.0. The Morgan fingerprint density at radius 1 is 1.19 bits per heavy atom. The highest BCUT2D eigenvalue weighted by atomic mass is 16.3. The molecule has 4 heterocycles. The smallest absolute Gasteiger partial charge is 0.151 e. The first-order valence-corrected chi connectivity index (χ1v) is 8.87. The van der Waals surface area contributed by atoms with Crippen molar-refractivity contribution in [3.63, 3.8) is 0 Å². The Hall–Kier alpha value is -3.26. The summed E-state index contributed by atoms with van der Waals surface area (Å²) in [6, 6.07) is 9.52. The third-order valence-corrected chi connectivity index (χ3v) is 4.40. The molecule has 1 aliphatic rings. The number of pyridine rings is 2. The summed E-state index contributed by atoms with van der Waals surface area (Å²) in [5.41, 5.74) is 2.43. The van der Waals surface area contributed by atoms with Crippen LogP contribution in [-0.2, 0) is 0 Å². The van der Waals surface area contributed by atoms with Crippen LogP contribution in [0, 0.1) is 0 Å². The van der Waals surface area contributed by atoms with Gasteiger partial charge in [-0.2, -0.15) is 0 Å². The molecule has 138 valence electrons. The molecule has 3 N–H and O–H groups in total. The van der Waals surface area contributed by atoms with E-state index in [2.05, 4.69) is 42.6 Å². The number of nitrogens with one attached hydrogen (secondary N) is 2. The van der Waals surface area contributed by atoms with E-state index >= 15 is 0 Å². The van der Waals surface area contributed by atoms with Gasteiger partial charge < -0.3 is 20.6 Å². The van der Waals surface area contributed by atoms with Crippen molar-refractivity contribution in [1.29, 1.82) is 0 Å². The average molecular weight is 363 g/mol. The SMILES string of the molecule is CC1CN(c2ccc(-c3ncc(Nc4cccnc4)cc3O)nn2)CCN1. The van der Waals surface area contributed by atoms with E-state index in [1.807, 2.05) is 24.3 Å². The monoisotopic (exact) mass is 363 g/mol. The largest absolute Gasteiger partial charge is 0.506 e.